The van der Waals surface area contributed by atoms with Crippen LogP contribution in [0.4, 0.5) is 8.78 Å². The molecule has 0 unspecified atom stereocenters. The minimum atomic E-state index is -1.55. The van der Waals surface area contributed by atoms with Crippen molar-refractivity contribution in [3.63, 3.8) is 0 Å². The summed E-state index contributed by atoms with van der Waals surface area (Å²) in [5, 5.41) is 0. The normalized spacial score (nSPS) is 9.05. The highest BCUT2D eigenvalue weighted by Gasteiger charge is 1.98. The Labute approximate surface area is 125 Å². The first-order valence-corrected chi connectivity index (χ1v) is 6.94. The molecule has 2 nitrogen and oxygen atoms in total. The van der Waals surface area contributed by atoms with E-state index in [1.165, 1.54) is 13.3 Å². The van der Waals surface area contributed by atoms with Crippen molar-refractivity contribution in [3.8, 4) is 0 Å². The summed E-state index contributed by atoms with van der Waals surface area (Å²) in [7, 11) is 0. The molecule has 1 aromatic heterocycles. The average molecular weight is 295 g/mol. The molecular weight excluding hydrogens is 272 g/mol. The second-order valence-corrected chi connectivity index (χ2v) is 4.32. The number of benzene rings is 1. The van der Waals surface area contributed by atoms with Crippen molar-refractivity contribution in [2.24, 2.45) is 0 Å². The van der Waals surface area contributed by atoms with E-state index in [0.29, 0.717) is 12.8 Å². The van der Waals surface area contributed by atoms with Gasteiger partial charge in [-0.05, 0) is 44.4 Å². The van der Waals surface area contributed by atoms with Crippen LogP contribution in [0.5, 0.6) is 0 Å². The van der Waals surface area contributed by atoms with Gasteiger partial charge in [-0.15, -0.1) is 6.58 Å². The number of hydrogen-bond acceptors (Lipinski definition) is 2. The second-order valence-electron chi connectivity index (χ2n) is 4.32. The Morgan fingerprint density at radius 1 is 1.14 bits per heavy atom. The minimum absolute atomic E-state index is 0.169. The number of para-hydroxylation sites is 2. The zero-order chi connectivity index (χ0) is 16.3. The lowest BCUT2D eigenvalue weighted by atomic mass is 10.1. The van der Waals surface area contributed by atoms with Gasteiger partial charge in [-0.1, -0.05) is 31.6 Å². The number of oxazole rings is 1. The maximum absolute atomic E-state index is 11.7. The third-order valence-electron chi connectivity index (χ3n) is 2.49. The molecule has 0 saturated heterocycles. The lowest BCUT2D eigenvalue weighted by Crippen LogP contribution is -1.80. The molecule has 21 heavy (non-hydrogen) atoms. The average Bonchev–Trinajstić information content (AvgIpc) is 2.95. The molecule has 0 bridgehead atoms. The van der Waals surface area contributed by atoms with Gasteiger partial charge >= 0.3 is 0 Å². The third kappa shape index (κ3) is 8.02. The summed E-state index contributed by atoms with van der Waals surface area (Å²) in [6.07, 6.45) is 0.979. The summed E-state index contributed by atoms with van der Waals surface area (Å²) in [5.41, 5.74) is 2.87. The Bertz CT molecular complexity index is 539. The fourth-order valence-electron chi connectivity index (χ4n) is 1.30. The number of rotatable bonds is 3. The van der Waals surface area contributed by atoms with Crippen molar-refractivity contribution in [2.45, 2.75) is 40.5 Å². The summed E-state index contributed by atoms with van der Waals surface area (Å²) < 4.78 is 28.5. The van der Waals surface area contributed by atoms with E-state index in [0.717, 1.165) is 16.7 Å². The zero-order valence-electron chi connectivity index (χ0n) is 13.1. The van der Waals surface area contributed by atoms with Gasteiger partial charge in [-0.3, -0.25) is 0 Å². The molecule has 2 aromatic rings. The number of allylic oxidation sites excluding steroid dienone is 2. The Hall–Kier alpha value is -1.97. The van der Waals surface area contributed by atoms with E-state index in [2.05, 4.69) is 11.6 Å². The van der Waals surface area contributed by atoms with Crippen molar-refractivity contribution < 1.29 is 13.2 Å². The molecule has 0 spiro atoms. The molecule has 2 rings (SSSR count). The molecule has 0 aliphatic rings. The van der Waals surface area contributed by atoms with Gasteiger partial charge in [-0.2, -0.15) is 8.78 Å². The first kappa shape index (κ1) is 19.0. The smallest absolute Gasteiger partial charge is 0.269 e. The van der Waals surface area contributed by atoms with E-state index in [-0.39, 0.29) is 5.57 Å². The zero-order valence-corrected chi connectivity index (χ0v) is 13.1. The van der Waals surface area contributed by atoms with E-state index in [1.54, 1.807) is 0 Å². The highest BCUT2D eigenvalue weighted by molar-refractivity contribution is 5.71. The van der Waals surface area contributed by atoms with Gasteiger partial charge in [-0.25, -0.2) is 4.98 Å². The van der Waals surface area contributed by atoms with Crippen LogP contribution in [-0.4, -0.2) is 4.98 Å². The number of fused-ring (bicyclic) bond motifs is 1. The first-order valence-electron chi connectivity index (χ1n) is 6.94. The van der Waals surface area contributed by atoms with Gasteiger partial charge in [0.1, 0.15) is 5.52 Å². The molecule has 1 aromatic carbocycles. The van der Waals surface area contributed by atoms with Crippen molar-refractivity contribution in [2.75, 3.05) is 0 Å². The SMILES string of the molecule is C=C(C)CCC(C)=C(F)F.CC.c1ccc2ocnc2c1. The predicted octanol–water partition coefficient (Wildman–Crippen LogP) is 6.37. The van der Waals surface area contributed by atoms with Gasteiger partial charge in [0.05, 0.1) is 0 Å². The molecule has 0 aliphatic carbocycles. The van der Waals surface area contributed by atoms with Crippen molar-refractivity contribution in [1.82, 2.24) is 4.98 Å². The maximum atomic E-state index is 11.7. The van der Waals surface area contributed by atoms with Crippen LogP contribution in [0.3, 0.4) is 0 Å². The van der Waals surface area contributed by atoms with Gasteiger partial charge in [0.2, 0.25) is 0 Å². The second kappa shape index (κ2) is 10.8. The minimum Gasteiger partial charge on any atom is -0.443 e. The van der Waals surface area contributed by atoms with Gasteiger partial charge < -0.3 is 4.42 Å². The fourth-order valence-corrected chi connectivity index (χ4v) is 1.30. The summed E-state index contributed by atoms with van der Waals surface area (Å²) in [5.74, 6) is 0. The van der Waals surface area contributed by atoms with E-state index in [9.17, 15) is 8.78 Å². The first-order chi connectivity index (χ1) is 10.0. The van der Waals surface area contributed by atoms with E-state index >= 15 is 0 Å². The number of nitrogens with zero attached hydrogens (tertiary/aromatic N) is 1. The van der Waals surface area contributed by atoms with Crippen LogP contribution in [0.25, 0.3) is 11.1 Å². The summed E-state index contributed by atoms with van der Waals surface area (Å²) >= 11 is 0. The Balaban J connectivity index is 0.000000341. The quantitative estimate of drug-likeness (QED) is 0.615. The Morgan fingerprint density at radius 2 is 1.76 bits per heavy atom. The van der Waals surface area contributed by atoms with Crippen LogP contribution < -0.4 is 0 Å². The molecule has 0 atom stereocenters. The van der Waals surface area contributed by atoms with Crippen LogP contribution in [-0.2, 0) is 0 Å². The van der Waals surface area contributed by atoms with Gasteiger partial charge in [0.25, 0.3) is 6.08 Å². The van der Waals surface area contributed by atoms with Crippen molar-refractivity contribution in [3.05, 3.63) is 54.5 Å². The summed E-state index contributed by atoms with van der Waals surface area (Å²) in [6, 6.07) is 7.67. The van der Waals surface area contributed by atoms with Crippen LogP contribution in [0.2, 0.25) is 0 Å². The van der Waals surface area contributed by atoms with E-state index in [1.807, 2.05) is 45.0 Å². The van der Waals surface area contributed by atoms with Crippen molar-refractivity contribution >= 4 is 11.1 Å². The third-order valence-corrected chi connectivity index (χ3v) is 2.49. The molecule has 0 N–H and O–H groups in total. The van der Waals surface area contributed by atoms with E-state index < -0.39 is 6.08 Å². The molecule has 116 valence electrons. The Morgan fingerprint density at radius 3 is 2.29 bits per heavy atom. The highest BCUT2D eigenvalue weighted by atomic mass is 19.3. The molecule has 0 fully saturated rings. The predicted molar refractivity (Wildman–Crippen MR) is 84.3 cm³/mol. The maximum Gasteiger partial charge on any atom is 0.269 e. The van der Waals surface area contributed by atoms with Crippen LogP contribution >= 0.6 is 0 Å². The molecule has 0 radical (unpaired) electrons. The highest BCUT2D eigenvalue weighted by Crippen LogP contribution is 2.15. The molecule has 1 heterocycles. The monoisotopic (exact) mass is 295 g/mol. The molecule has 0 amide bonds. The van der Waals surface area contributed by atoms with Gasteiger partial charge in [0.15, 0.2) is 12.0 Å². The molecular formula is C17H23F2NO. The summed E-state index contributed by atoms with van der Waals surface area (Å²) in [4.78, 5) is 3.95. The van der Waals surface area contributed by atoms with E-state index in [4.69, 9.17) is 4.42 Å². The number of hydrogen-bond donors (Lipinski definition) is 0. The topological polar surface area (TPSA) is 26.0 Å². The number of halogens is 2. The molecule has 4 heteroatoms. The number of aromatic nitrogens is 1. The van der Waals surface area contributed by atoms with Crippen LogP contribution in [0.1, 0.15) is 40.5 Å². The van der Waals surface area contributed by atoms with Crippen molar-refractivity contribution in [1.29, 1.82) is 0 Å². The lowest BCUT2D eigenvalue weighted by molar-refractivity contribution is 0.408. The van der Waals surface area contributed by atoms with Crippen LogP contribution in [0.15, 0.2) is 58.9 Å². The largest absolute Gasteiger partial charge is 0.443 e. The molecule has 0 aliphatic heterocycles. The summed E-state index contributed by atoms with van der Waals surface area (Å²) in [6.45, 7) is 10.9. The Kier molecular flexibility index (Phi) is 9.76. The molecule has 0 saturated carbocycles. The van der Waals surface area contributed by atoms with Crippen LogP contribution in [0, 0.1) is 0 Å². The lowest BCUT2D eigenvalue weighted by Gasteiger charge is -1.97. The fraction of sp³-hybridized carbons (Fsp3) is 0.353. The standard InChI is InChI=1S/C8H12F2.C7H5NO.C2H6/c1-6(2)4-5-7(3)8(9)10;1-2-4-7-6(3-1)8-5-9-7;1-2/h1,4-5H2,2-3H3;1-5H;1-2H3. The van der Waals surface area contributed by atoms with Gasteiger partial charge in [0, 0.05) is 0 Å².